The zero-order valence-electron chi connectivity index (χ0n) is 16.2. The number of halogens is 3. The Hall–Kier alpha value is -3.03. The fourth-order valence-electron chi connectivity index (χ4n) is 3.03. The number of ether oxygens (including phenoxy) is 1. The fraction of sp³-hybridized carbons (Fsp3) is 0.333. The minimum atomic E-state index is -4.31. The first-order valence-corrected chi connectivity index (χ1v) is 9.29. The van der Waals surface area contributed by atoms with Crippen LogP contribution in [0.2, 0.25) is 0 Å². The minimum Gasteiger partial charge on any atom is -0.486 e. The molecule has 0 saturated carbocycles. The molecular formula is C21H22F3N3O2. The van der Waals surface area contributed by atoms with Crippen molar-refractivity contribution in [3.8, 4) is 5.75 Å². The molecule has 1 amide bonds. The lowest BCUT2D eigenvalue weighted by atomic mass is 10.1. The van der Waals surface area contributed by atoms with Gasteiger partial charge in [-0.3, -0.25) is 4.79 Å². The molecule has 0 saturated heterocycles. The topological polar surface area (TPSA) is 46.8 Å². The Labute approximate surface area is 166 Å². The normalized spacial score (nSPS) is 11.6. The molecular weight excluding hydrogens is 383 g/mol. The van der Waals surface area contributed by atoms with Crippen LogP contribution in [0.25, 0.3) is 5.65 Å². The van der Waals surface area contributed by atoms with E-state index in [1.165, 1.54) is 4.90 Å². The van der Waals surface area contributed by atoms with Gasteiger partial charge in [-0.15, -0.1) is 0 Å². The van der Waals surface area contributed by atoms with Gasteiger partial charge in [-0.1, -0.05) is 18.2 Å². The number of hydrogen-bond donors (Lipinski definition) is 0. The molecule has 2 aromatic heterocycles. The van der Waals surface area contributed by atoms with Gasteiger partial charge in [0.05, 0.1) is 17.7 Å². The van der Waals surface area contributed by atoms with Crippen LogP contribution in [0.1, 0.15) is 35.0 Å². The smallest absolute Gasteiger partial charge is 0.390 e. The summed E-state index contributed by atoms with van der Waals surface area (Å²) >= 11 is 0. The highest BCUT2D eigenvalue weighted by molar-refractivity contribution is 5.96. The van der Waals surface area contributed by atoms with Gasteiger partial charge in [-0.05, 0) is 37.6 Å². The summed E-state index contributed by atoms with van der Waals surface area (Å²) in [5.41, 5.74) is 2.76. The van der Waals surface area contributed by atoms with E-state index in [0.717, 1.165) is 11.2 Å². The first kappa shape index (κ1) is 20.7. The minimum absolute atomic E-state index is 0.139. The van der Waals surface area contributed by atoms with Crippen molar-refractivity contribution < 1.29 is 22.7 Å². The molecule has 0 aliphatic carbocycles. The first-order valence-electron chi connectivity index (χ1n) is 9.29. The number of rotatable bonds is 7. The van der Waals surface area contributed by atoms with E-state index in [9.17, 15) is 18.0 Å². The maximum absolute atomic E-state index is 12.8. The van der Waals surface area contributed by atoms with Crippen LogP contribution < -0.4 is 4.74 Å². The van der Waals surface area contributed by atoms with Crippen molar-refractivity contribution in [2.45, 2.75) is 33.1 Å². The second kappa shape index (κ2) is 8.55. The third kappa shape index (κ3) is 5.07. The number of amides is 1. The molecule has 8 heteroatoms. The lowest BCUT2D eigenvalue weighted by molar-refractivity contribution is -0.136. The second-order valence-electron chi connectivity index (χ2n) is 6.69. The molecule has 0 spiro atoms. The van der Waals surface area contributed by atoms with Crippen molar-refractivity contribution in [3.05, 3.63) is 65.6 Å². The van der Waals surface area contributed by atoms with E-state index in [4.69, 9.17) is 4.74 Å². The summed E-state index contributed by atoms with van der Waals surface area (Å²) < 4.78 is 45.4. The number of benzene rings is 1. The quantitative estimate of drug-likeness (QED) is 0.576. The SMILES string of the molecule is CCN(CCC(F)(F)F)C(=O)c1ccccc1OCc1cn2cccc(C)c2n1. The van der Waals surface area contributed by atoms with Crippen LogP contribution in [0.3, 0.4) is 0 Å². The van der Waals surface area contributed by atoms with Gasteiger partial charge in [0.25, 0.3) is 5.91 Å². The Morgan fingerprint density at radius 1 is 1.21 bits per heavy atom. The zero-order chi connectivity index (χ0) is 21.0. The summed E-state index contributed by atoms with van der Waals surface area (Å²) in [6, 6.07) is 10.4. The average molecular weight is 405 g/mol. The molecule has 3 aromatic rings. The first-order chi connectivity index (χ1) is 13.8. The van der Waals surface area contributed by atoms with Crippen molar-refractivity contribution in [3.63, 3.8) is 0 Å². The number of para-hydroxylation sites is 1. The highest BCUT2D eigenvalue weighted by Gasteiger charge is 2.29. The van der Waals surface area contributed by atoms with Gasteiger partial charge < -0.3 is 14.0 Å². The van der Waals surface area contributed by atoms with Gasteiger partial charge in [0, 0.05) is 25.5 Å². The highest BCUT2D eigenvalue weighted by atomic mass is 19.4. The van der Waals surface area contributed by atoms with E-state index in [0.29, 0.717) is 11.4 Å². The summed E-state index contributed by atoms with van der Waals surface area (Å²) in [4.78, 5) is 18.5. The zero-order valence-corrected chi connectivity index (χ0v) is 16.2. The molecule has 0 bridgehead atoms. The molecule has 0 unspecified atom stereocenters. The number of nitrogens with zero attached hydrogens (tertiary/aromatic N) is 3. The Kier molecular flexibility index (Phi) is 6.10. The van der Waals surface area contributed by atoms with Crippen LogP contribution in [0, 0.1) is 6.92 Å². The lowest BCUT2D eigenvalue weighted by Crippen LogP contribution is -2.34. The molecule has 1 aromatic carbocycles. The predicted molar refractivity (Wildman–Crippen MR) is 103 cm³/mol. The fourth-order valence-corrected chi connectivity index (χ4v) is 3.03. The Bertz CT molecular complexity index is 998. The molecule has 5 nitrogen and oxygen atoms in total. The Morgan fingerprint density at radius 2 is 1.97 bits per heavy atom. The van der Waals surface area contributed by atoms with Gasteiger partial charge in [0.15, 0.2) is 0 Å². The molecule has 0 atom stereocenters. The number of carbonyl (C=O) groups excluding carboxylic acids is 1. The molecule has 3 rings (SSSR count). The van der Waals surface area contributed by atoms with Crippen molar-refractivity contribution >= 4 is 11.6 Å². The number of imidazole rings is 1. The van der Waals surface area contributed by atoms with Crippen LogP contribution >= 0.6 is 0 Å². The van der Waals surface area contributed by atoms with Crippen molar-refractivity contribution in [1.29, 1.82) is 0 Å². The lowest BCUT2D eigenvalue weighted by Gasteiger charge is -2.22. The molecule has 0 fully saturated rings. The highest BCUT2D eigenvalue weighted by Crippen LogP contribution is 2.24. The van der Waals surface area contributed by atoms with Gasteiger partial charge in [0.2, 0.25) is 0 Å². The summed E-state index contributed by atoms with van der Waals surface area (Å²) in [6.07, 6.45) is -1.63. The van der Waals surface area contributed by atoms with Crippen molar-refractivity contribution in [1.82, 2.24) is 14.3 Å². The van der Waals surface area contributed by atoms with Crippen LogP contribution in [-0.4, -0.2) is 39.5 Å². The van der Waals surface area contributed by atoms with Crippen LogP contribution in [0.5, 0.6) is 5.75 Å². The van der Waals surface area contributed by atoms with E-state index in [2.05, 4.69) is 4.98 Å². The monoisotopic (exact) mass is 405 g/mol. The largest absolute Gasteiger partial charge is 0.486 e. The maximum Gasteiger partial charge on any atom is 0.390 e. The molecule has 0 N–H and O–H groups in total. The van der Waals surface area contributed by atoms with Crippen LogP contribution in [0.4, 0.5) is 13.2 Å². The van der Waals surface area contributed by atoms with Crippen LogP contribution in [-0.2, 0) is 6.61 Å². The maximum atomic E-state index is 12.8. The van der Waals surface area contributed by atoms with Crippen molar-refractivity contribution in [2.24, 2.45) is 0 Å². The number of aryl methyl sites for hydroxylation is 1. The van der Waals surface area contributed by atoms with E-state index < -0.39 is 18.5 Å². The van der Waals surface area contributed by atoms with E-state index in [1.54, 1.807) is 31.2 Å². The number of fused-ring (bicyclic) bond motifs is 1. The standard InChI is InChI=1S/C21H22F3N3O2/c1-3-26(12-10-21(22,23)24)20(28)17-8-4-5-9-18(17)29-14-16-13-27-11-6-7-15(2)19(27)25-16/h4-9,11,13H,3,10,12,14H2,1-2H3. The van der Waals surface area contributed by atoms with Crippen LogP contribution in [0.15, 0.2) is 48.8 Å². The molecule has 0 aliphatic rings. The molecule has 2 heterocycles. The molecule has 29 heavy (non-hydrogen) atoms. The number of carbonyl (C=O) groups is 1. The number of pyridine rings is 1. The van der Waals surface area contributed by atoms with Crippen molar-refractivity contribution in [2.75, 3.05) is 13.1 Å². The molecule has 0 aliphatic heterocycles. The molecule has 154 valence electrons. The summed E-state index contributed by atoms with van der Waals surface area (Å²) in [5, 5.41) is 0. The van der Waals surface area contributed by atoms with E-state index in [-0.39, 0.29) is 25.3 Å². The van der Waals surface area contributed by atoms with E-state index >= 15 is 0 Å². The number of alkyl halides is 3. The van der Waals surface area contributed by atoms with Gasteiger partial charge >= 0.3 is 6.18 Å². The third-order valence-corrected chi connectivity index (χ3v) is 4.55. The van der Waals surface area contributed by atoms with Gasteiger partial charge in [-0.2, -0.15) is 13.2 Å². The summed E-state index contributed by atoms with van der Waals surface area (Å²) in [7, 11) is 0. The summed E-state index contributed by atoms with van der Waals surface area (Å²) in [6.45, 7) is 3.53. The summed E-state index contributed by atoms with van der Waals surface area (Å²) in [5.74, 6) is -0.171. The predicted octanol–water partition coefficient (Wildman–Crippen LogP) is 4.64. The van der Waals surface area contributed by atoms with Gasteiger partial charge in [0.1, 0.15) is 18.0 Å². The third-order valence-electron chi connectivity index (χ3n) is 4.55. The number of aromatic nitrogens is 2. The Morgan fingerprint density at radius 3 is 2.66 bits per heavy atom. The Balaban J connectivity index is 1.75. The number of hydrogen-bond acceptors (Lipinski definition) is 3. The second-order valence-corrected chi connectivity index (χ2v) is 6.69. The molecule has 0 radical (unpaired) electrons. The van der Waals surface area contributed by atoms with Gasteiger partial charge in [-0.25, -0.2) is 4.98 Å². The average Bonchev–Trinajstić information content (AvgIpc) is 3.10. The van der Waals surface area contributed by atoms with E-state index in [1.807, 2.05) is 35.9 Å².